The maximum absolute atomic E-state index is 12.1. The van der Waals surface area contributed by atoms with E-state index in [9.17, 15) is 40.5 Å². The molecule has 0 spiro atoms. The van der Waals surface area contributed by atoms with Crippen LogP contribution in [0.3, 0.4) is 0 Å². The van der Waals surface area contributed by atoms with Gasteiger partial charge in [0.1, 0.15) is 5.52 Å². The third kappa shape index (κ3) is 3.59. The summed E-state index contributed by atoms with van der Waals surface area (Å²) >= 11 is 0. The van der Waals surface area contributed by atoms with Crippen molar-refractivity contribution in [1.82, 2.24) is 19.9 Å². The molecule has 178 valence electrons. The van der Waals surface area contributed by atoms with E-state index in [1.54, 1.807) is 24.3 Å². The van der Waals surface area contributed by atoms with Crippen molar-refractivity contribution < 1.29 is 19.7 Å². The lowest BCUT2D eigenvalue weighted by Gasteiger charge is -1.95. The summed E-state index contributed by atoms with van der Waals surface area (Å²) in [7, 11) is 0. The van der Waals surface area contributed by atoms with Gasteiger partial charge in [0.25, 0.3) is 0 Å². The number of aromatic nitrogens is 4. The average Bonchev–Trinajstić information content (AvgIpc) is 3.56. The molecule has 2 N–H and O–H groups in total. The fourth-order valence-corrected chi connectivity index (χ4v) is 3.87. The van der Waals surface area contributed by atoms with E-state index in [1.165, 1.54) is 12.1 Å². The summed E-state index contributed by atoms with van der Waals surface area (Å²) in [5.41, 5.74) is -4.84. The van der Waals surface area contributed by atoms with E-state index in [-0.39, 0.29) is 11.4 Å². The van der Waals surface area contributed by atoms with Crippen LogP contribution in [-0.4, -0.2) is 39.6 Å². The first-order valence-corrected chi connectivity index (χ1v) is 9.88. The maximum atomic E-state index is 12.1. The number of hydrogen-bond donors (Lipinski definition) is 2. The third-order valence-corrected chi connectivity index (χ3v) is 5.26. The molecule has 8 bridgehead atoms. The molecule has 0 atom stereocenters. The molecular weight excluding hydrogens is 480 g/mol. The number of nitrogens with zero attached hydrogens (tertiary/aromatic N) is 6. The number of nitrogens with one attached hydrogen (secondary N) is 2. The van der Waals surface area contributed by atoms with Crippen LogP contribution < -0.4 is 0 Å². The minimum atomic E-state index is -1.24. The molecule has 16 heteroatoms. The fourth-order valence-electron chi connectivity index (χ4n) is 3.87. The Morgan fingerprint density at radius 3 is 1.81 bits per heavy atom. The van der Waals surface area contributed by atoms with Gasteiger partial charge in [0.05, 0.1) is 36.8 Å². The summed E-state index contributed by atoms with van der Waals surface area (Å²) in [5, 5.41) is 47.5. The molecule has 0 aromatic carbocycles. The Balaban J connectivity index is 2.07. The fraction of sp³-hybridized carbons (Fsp3) is 0. The summed E-state index contributed by atoms with van der Waals surface area (Å²) in [4.78, 5) is 56.8. The molecule has 2 aliphatic rings. The largest absolute Gasteiger partial charge is 0.378 e. The summed E-state index contributed by atoms with van der Waals surface area (Å²) in [6.45, 7) is 0. The lowest BCUT2D eigenvalue weighted by atomic mass is 10.2. The zero-order valence-electron chi connectivity index (χ0n) is 17.6. The van der Waals surface area contributed by atoms with Gasteiger partial charge in [-0.2, -0.15) is 0 Å². The van der Waals surface area contributed by atoms with Crippen LogP contribution in [0.4, 0.5) is 17.1 Å². The van der Waals surface area contributed by atoms with Crippen LogP contribution >= 0.6 is 0 Å². The highest BCUT2D eigenvalue weighted by Gasteiger charge is 2.40. The molecule has 5 heterocycles. The molecule has 0 saturated carbocycles. The van der Waals surface area contributed by atoms with Crippen molar-refractivity contribution in [3.05, 3.63) is 93.6 Å². The van der Waals surface area contributed by atoms with E-state index in [0.717, 1.165) is 12.1 Å². The lowest BCUT2D eigenvalue weighted by molar-refractivity contribution is -0.420. The van der Waals surface area contributed by atoms with Gasteiger partial charge < -0.3 is 9.97 Å². The van der Waals surface area contributed by atoms with Gasteiger partial charge in [-0.05, 0) is 42.5 Å². The predicted molar refractivity (Wildman–Crippen MR) is 125 cm³/mol. The number of fused-ring (bicyclic) bond motifs is 8. The summed E-state index contributed by atoms with van der Waals surface area (Å²) in [5.74, 6) is 0. The van der Waals surface area contributed by atoms with E-state index in [0.29, 0.717) is 16.7 Å². The lowest BCUT2D eigenvalue weighted by Crippen LogP contribution is -2.02. The third-order valence-electron chi connectivity index (χ3n) is 5.26. The molecule has 16 nitrogen and oxygen atoms in total. The minimum absolute atomic E-state index is 0.0549. The number of H-pyrrole nitrogens is 2. The molecule has 0 aliphatic carbocycles. The van der Waals surface area contributed by atoms with Gasteiger partial charge in [-0.3, -0.25) is 40.5 Å². The van der Waals surface area contributed by atoms with Crippen molar-refractivity contribution in [2.24, 2.45) is 0 Å². The van der Waals surface area contributed by atoms with E-state index >= 15 is 0 Å². The molecule has 0 fully saturated rings. The Morgan fingerprint density at radius 2 is 1.22 bits per heavy atom. The first-order chi connectivity index (χ1) is 17.1. The molecule has 36 heavy (non-hydrogen) atoms. The van der Waals surface area contributed by atoms with Crippen LogP contribution in [0.5, 0.6) is 0 Å². The Labute approximate surface area is 196 Å². The van der Waals surface area contributed by atoms with Crippen molar-refractivity contribution in [1.29, 1.82) is 0 Å². The van der Waals surface area contributed by atoms with E-state index < -0.39 is 59.2 Å². The number of rotatable bonds is 4. The van der Waals surface area contributed by atoms with Crippen LogP contribution in [0.2, 0.25) is 0 Å². The van der Waals surface area contributed by atoms with Crippen LogP contribution in [0.15, 0.2) is 30.3 Å². The van der Waals surface area contributed by atoms with E-state index in [1.807, 2.05) is 0 Å². The highest BCUT2D eigenvalue weighted by molar-refractivity contribution is 5.96. The highest BCUT2D eigenvalue weighted by Crippen LogP contribution is 2.42. The summed E-state index contributed by atoms with van der Waals surface area (Å²) < 4.78 is 0. The van der Waals surface area contributed by atoms with Crippen LogP contribution in [0, 0.1) is 40.5 Å². The minimum Gasteiger partial charge on any atom is -0.355 e. The Morgan fingerprint density at radius 1 is 0.639 bits per heavy atom. The Hall–Kier alpha value is -5.80. The van der Waals surface area contributed by atoms with E-state index in [4.69, 9.17) is 0 Å². The van der Waals surface area contributed by atoms with Gasteiger partial charge in [-0.25, -0.2) is 9.97 Å². The normalized spacial score (nSPS) is 12.3. The second-order valence-electron chi connectivity index (χ2n) is 7.50. The van der Waals surface area contributed by atoms with Gasteiger partial charge in [0, 0.05) is 17.1 Å². The first kappa shape index (κ1) is 22.0. The molecule has 0 saturated heterocycles. The molecule has 2 aliphatic heterocycles. The molecule has 0 unspecified atom stereocenters. The molecule has 3 aromatic heterocycles. The van der Waals surface area contributed by atoms with Crippen LogP contribution in [0.1, 0.15) is 22.8 Å². The van der Waals surface area contributed by atoms with Crippen molar-refractivity contribution in [3.8, 4) is 0 Å². The van der Waals surface area contributed by atoms with Crippen LogP contribution in [0.25, 0.3) is 46.0 Å². The smallest absolute Gasteiger partial charge is 0.355 e. The topological polar surface area (TPSA) is 230 Å². The first-order valence-electron chi connectivity index (χ1n) is 9.88. The van der Waals surface area contributed by atoms with Crippen molar-refractivity contribution in [2.75, 3.05) is 0 Å². The Kier molecular flexibility index (Phi) is 4.83. The zero-order chi connectivity index (χ0) is 25.7. The van der Waals surface area contributed by atoms with Crippen molar-refractivity contribution in [2.45, 2.75) is 0 Å². The van der Waals surface area contributed by atoms with Gasteiger partial charge in [0.2, 0.25) is 11.2 Å². The van der Waals surface area contributed by atoms with Crippen LogP contribution in [-0.2, 0) is 0 Å². The second-order valence-corrected chi connectivity index (χ2v) is 7.50. The van der Waals surface area contributed by atoms with Gasteiger partial charge in [0.15, 0.2) is 0 Å². The molecule has 3 aromatic rings. The second kappa shape index (κ2) is 7.90. The van der Waals surface area contributed by atoms with Gasteiger partial charge in [-0.15, -0.1) is 0 Å². The quantitative estimate of drug-likeness (QED) is 0.308. The van der Waals surface area contributed by atoms with Crippen molar-refractivity contribution in [3.63, 3.8) is 0 Å². The summed E-state index contributed by atoms with van der Waals surface area (Å²) in [6.07, 6.45) is 4.05. The number of hydrogen-bond acceptors (Lipinski definition) is 10. The molecule has 0 radical (unpaired) electrons. The van der Waals surface area contributed by atoms with Gasteiger partial charge in [-0.1, -0.05) is 0 Å². The Bertz CT molecular complexity index is 1760. The maximum Gasteiger partial charge on any atom is 0.378 e. The standard InChI is InChI=1S/C20H10N8O8/c29-25(30)15-8-13-6-11-2-1-9(21-11)5-10-3-4-12(22-10)7-14-18(26(31)32)20(28(35)36)17(24-14)19(27(33)34)16(15)23-13/h1-8,21,24H. The molecule has 0 amide bonds. The summed E-state index contributed by atoms with van der Waals surface area (Å²) in [6, 6.07) is 7.49. The van der Waals surface area contributed by atoms with E-state index in [2.05, 4.69) is 19.9 Å². The predicted octanol–water partition coefficient (Wildman–Crippen LogP) is 3.98. The average molecular weight is 490 g/mol. The van der Waals surface area contributed by atoms with Gasteiger partial charge >= 0.3 is 22.8 Å². The van der Waals surface area contributed by atoms with Crippen molar-refractivity contribution >= 4 is 63.1 Å². The number of nitro groups is 4. The molecular formula is C20H10N8O8. The number of aromatic amines is 2. The highest BCUT2D eigenvalue weighted by atomic mass is 16.6. The monoisotopic (exact) mass is 490 g/mol. The molecule has 5 rings (SSSR count). The SMILES string of the molecule is O=[N+]([O-])C1=Cc2cc3ccc(cc4nc(cc5[nH]c(c([N+](=O)[O-])c1n2)c([N+](=O)[O-])c5[N+](=O)[O-])C=C4)[nH]3. The zero-order valence-corrected chi connectivity index (χ0v) is 17.6.